The van der Waals surface area contributed by atoms with Crippen LogP contribution in [0.15, 0.2) is 48.1 Å². The lowest BCUT2D eigenvalue weighted by atomic mass is 10.3. The summed E-state index contributed by atoms with van der Waals surface area (Å²) in [5.74, 6) is 1.77. The van der Waals surface area contributed by atoms with Gasteiger partial charge in [0.15, 0.2) is 0 Å². The number of urea groups is 1. The number of thiazole rings is 1. The fourth-order valence-corrected chi connectivity index (χ4v) is 4.02. The molecule has 2 N–H and O–H groups in total. The van der Waals surface area contributed by atoms with Gasteiger partial charge in [-0.2, -0.15) is 0 Å². The smallest absolute Gasteiger partial charge is 0.326 e. The number of ether oxygens (including phenoxy) is 1. The average molecular weight is 440 g/mol. The van der Waals surface area contributed by atoms with Crippen molar-refractivity contribution >= 4 is 34.8 Å². The number of carbonyl (C=O) groups excluding carboxylic acids is 1. The maximum absolute atomic E-state index is 12.5. The standard InChI is InChI=1S/C21H25N7O2S/c1-2-10-28(27-11-13-30-14-12-27)19-5-3-4-17(23-19)25-21(29)26-18-15-31-20(24-18)16-6-8-22-9-7-16/h3-9,15H,2,10-14H2,1H3,(H2,23,25,26,29). The normalized spacial score (nSPS) is 14.2. The summed E-state index contributed by atoms with van der Waals surface area (Å²) in [5, 5.41) is 12.6. The summed E-state index contributed by atoms with van der Waals surface area (Å²) >= 11 is 1.46. The Labute approximate surface area is 185 Å². The fourth-order valence-electron chi connectivity index (χ4n) is 3.27. The Morgan fingerprint density at radius 3 is 2.68 bits per heavy atom. The number of hydrazine groups is 1. The van der Waals surface area contributed by atoms with E-state index in [1.165, 1.54) is 11.3 Å². The molecule has 0 spiro atoms. The van der Waals surface area contributed by atoms with Gasteiger partial charge < -0.3 is 4.74 Å². The van der Waals surface area contributed by atoms with E-state index >= 15 is 0 Å². The van der Waals surface area contributed by atoms with Crippen LogP contribution in [0.2, 0.25) is 0 Å². The van der Waals surface area contributed by atoms with Crippen LogP contribution in [0.5, 0.6) is 0 Å². The van der Waals surface area contributed by atoms with Gasteiger partial charge in [0.1, 0.15) is 22.5 Å². The summed E-state index contributed by atoms with van der Waals surface area (Å²) in [4.78, 5) is 25.6. The van der Waals surface area contributed by atoms with Gasteiger partial charge in [-0.1, -0.05) is 13.0 Å². The Morgan fingerprint density at radius 1 is 1.13 bits per heavy atom. The number of hydrogen-bond donors (Lipinski definition) is 2. The average Bonchev–Trinajstić information content (AvgIpc) is 3.27. The van der Waals surface area contributed by atoms with E-state index in [1.54, 1.807) is 23.8 Å². The molecular weight excluding hydrogens is 414 g/mol. The van der Waals surface area contributed by atoms with E-state index < -0.39 is 0 Å². The highest BCUT2D eigenvalue weighted by molar-refractivity contribution is 7.13. The number of rotatable bonds is 7. The minimum absolute atomic E-state index is 0.385. The van der Waals surface area contributed by atoms with E-state index in [4.69, 9.17) is 4.74 Å². The van der Waals surface area contributed by atoms with Crippen LogP contribution >= 0.6 is 11.3 Å². The van der Waals surface area contributed by atoms with Gasteiger partial charge in [-0.05, 0) is 30.7 Å². The van der Waals surface area contributed by atoms with Gasteiger partial charge in [-0.15, -0.1) is 11.3 Å². The van der Waals surface area contributed by atoms with E-state index in [0.29, 0.717) is 24.8 Å². The number of pyridine rings is 2. The van der Waals surface area contributed by atoms with E-state index in [1.807, 2.05) is 24.3 Å². The van der Waals surface area contributed by atoms with Crippen LogP contribution in [-0.4, -0.2) is 58.8 Å². The molecule has 0 atom stereocenters. The maximum atomic E-state index is 12.5. The van der Waals surface area contributed by atoms with Crippen molar-refractivity contribution in [2.24, 2.45) is 0 Å². The molecule has 0 saturated carbocycles. The van der Waals surface area contributed by atoms with E-state index in [9.17, 15) is 4.79 Å². The molecule has 0 radical (unpaired) electrons. The van der Waals surface area contributed by atoms with Gasteiger partial charge in [0, 0.05) is 43.0 Å². The summed E-state index contributed by atoms with van der Waals surface area (Å²) in [6.45, 7) is 6.04. The zero-order chi connectivity index (χ0) is 21.5. The second-order valence-corrected chi connectivity index (χ2v) is 7.78. The van der Waals surface area contributed by atoms with Crippen molar-refractivity contribution in [1.82, 2.24) is 20.0 Å². The van der Waals surface area contributed by atoms with Crippen molar-refractivity contribution in [2.75, 3.05) is 48.5 Å². The monoisotopic (exact) mass is 439 g/mol. The lowest BCUT2D eigenvalue weighted by Crippen LogP contribution is -2.49. The van der Waals surface area contributed by atoms with Gasteiger partial charge in [0.25, 0.3) is 0 Å². The van der Waals surface area contributed by atoms with Gasteiger partial charge >= 0.3 is 6.03 Å². The van der Waals surface area contributed by atoms with Crippen LogP contribution in [0.25, 0.3) is 10.6 Å². The summed E-state index contributed by atoms with van der Waals surface area (Å²) in [5.41, 5.74) is 0.960. The Hall–Kier alpha value is -3.08. The van der Waals surface area contributed by atoms with Gasteiger partial charge in [-0.25, -0.2) is 19.8 Å². The van der Waals surface area contributed by atoms with Crippen molar-refractivity contribution in [1.29, 1.82) is 0 Å². The van der Waals surface area contributed by atoms with Crippen LogP contribution < -0.4 is 15.6 Å². The number of nitrogens with zero attached hydrogens (tertiary/aromatic N) is 5. The zero-order valence-electron chi connectivity index (χ0n) is 17.3. The number of anilines is 3. The third kappa shape index (κ3) is 5.54. The Balaban J connectivity index is 1.41. The molecule has 0 unspecified atom stereocenters. The van der Waals surface area contributed by atoms with Crippen LogP contribution in [0.3, 0.4) is 0 Å². The topological polar surface area (TPSA) is 95.5 Å². The Bertz CT molecular complexity index is 992. The molecule has 0 bridgehead atoms. The highest BCUT2D eigenvalue weighted by atomic mass is 32.1. The van der Waals surface area contributed by atoms with E-state index in [-0.39, 0.29) is 6.03 Å². The lowest BCUT2D eigenvalue weighted by molar-refractivity contribution is 0.0312. The third-order valence-corrected chi connectivity index (χ3v) is 5.57. The molecule has 31 heavy (non-hydrogen) atoms. The molecule has 162 valence electrons. The quantitative estimate of drug-likeness (QED) is 0.579. The molecule has 10 heteroatoms. The summed E-state index contributed by atoms with van der Waals surface area (Å²) in [6, 6.07) is 9.00. The van der Waals surface area contributed by atoms with Gasteiger partial charge in [-0.3, -0.25) is 20.6 Å². The molecule has 3 aromatic heterocycles. The first-order chi connectivity index (χ1) is 15.2. The molecule has 4 rings (SSSR count). The molecule has 4 heterocycles. The Morgan fingerprint density at radius 2 is 1.90 bits per heavy atom. The number of nitrogens with one attached hydrogen (secondary N) is 2. The maximum Gasteiger partial charge on any atom is 0.326 e. The highest BCUT2D eigenvalue weighted by Gasteiger charge is 2.20. The summed E-state index contributed by atoms with van der Waals surface area (Å²) in [7, 11) is 0. The number of aromatic nitrogens is 3. The van der Waals surface area contributed by atoms with Crippen LogP contribution in [0.4, 0.5) is 22.2 Å². The zero-order valence-corrected chi connectivity index (χ0v) is 18.1. The van der Waals surface area contributed by atoms with Crippen molar-refractivity contribution in [3.63, 3.8) is 0 Å². The van der Waals surface area contributed by atoms with Crippen LogP contribution in [-0.2, 0) is 4.74 Å². The minimum atomic E-state index is -0.385. The molecule has 0 aromatic carbocycles. The summed E-state index contributed by atoms with van der Waals surface area (Å²) in [6.07, 6.45) is 4.42. The van der Waals surface area contributed by atoms with Crippen LogP contribution in [0.1, 0.15) is 13.3 Å². The molecule has 1 fully saturated rings. The molecule has 3 aromatic rings. The van der Waals surface area contributed by atoms with Crippen LogP contribution in [0, 0.1) is 0 Å². The molecule has 9 nitrogen and oxygen atoms in total. The van der Waals surface area contributed by atoms with E-state index in [2.05, 4.69) is 42.5 Å². The largest absolute Gasteiger partial charge is 0.379 e. The molecule has 1 saturated heterocycles. The lowest BCUT2D eigenvalue weighted by Gasteiger charge is -2.38. The molecular formula is C21H25N7O2S. The number of carbonyl (C=O) groups is 1. The fraction of sp³-hybridized carbons (Fsp3) is 0.333. The van der Waals surface area contributed by atoms with Gasteiger partial charge in [0.05, 0.1) is 13.2 Å². The molecule has 1 aliphatic heterocycles. The summed E-state index contributed by atoms with van der Waals surface area (Å²) < 4.78 is 5.46. The molecule has 2 amide bonds. The van der Waals surface area contributed by atoms with Crippen molar-refractivity contribution in [2.45, 2.75) is 13.3 Å². The first kappa shape index (κ1) is 21.2. The number of morpholine rings is 1. The second-order valence-electron chi connectivity index (χ2n) is 6.92. The predicted molar refractivity (Wildman–Crippen MR) is 122 cm³/mol. The molecule has 1 aliphatic rings. The van der Waals surface area contributed by atoms with E-state index in [0.717, 1.165) is 42.4 Å². The highest BCUT2D eigenvalue weighted by Crippen LogP contribution is 2.25. The Kier molecular flexibility index (Phi) is 7.03. The number of amides is 2. The first-order valence-electron chi connectivity index (χ1n) is 10.2. The third-order valence-electron chi connectivity index (χ3n) is 4.68. The SMILES string of the molecule is CCCN(c1cccc(NC(=O)Nc2csc(-c3ccncc3)n2)n1)N1CCOCC1. The van der Waals surface area contributed by atoms with Crippen molar-refractivity contribution < 1.29 is 9.53 Å². The molecule has 0 aliphatic carbocycles. The van der Waals surface area contributed by atoms with Crippen molar-refractivity contribution in [3.05, 3.63) is 48.1 Å². The second kappa shape index (κ2) is 10.3. The minimum Gasteiger partial charge on any atom is -0.379 e. The first-order valence-corrected chi connectivity index (χ1v) is 11.1. The predicted octanol–water partition coefficient (Wildman–Crippen LogP) is 3.71. The van der Waals surface area contributed by atoms with Crippen molar-refractivity contribution in [3.8, 4) is 10.6 Å². The number of hydrogen-bond acceptors (Lipinski definition) is 8. The van der Waals surface area contributed by atoms with Gasteiger partial charge in [0.2, 0.25) is 0 Å².